The predicted octanol–water partition coefficient (Wildman–Crippen LogP) is 3.95. The maximum atomic E-state index is 7.06. The molecule has 1 aliphatic heterocycles. The SMILES string of the molecule is CC(C)(C)[Si](OCC1CCCCNC1)(c1ccccc1)c1ccccc1. The topological polar surface area (TPSA) is 21.3 Å². The third-order valence-electron chi connectivity index (χ3n) is 5.60. The summed E-state index contributed by atoms with van der Waals surface area (Å²) in [5.41, 5.74) is 0. The number of rotatable bonds is 5. The van der Waals surface area contributed by atoms with Gasteiger partial charge in [0.2, 0.25) is 0 Å². The zero-order valence-electron chi connectivity index (χ0n) is 16.5. The van der Waals surface area contributed by atoms with Gasteiger partial charge in [0, 0.05) is 13.2 Å². The van der Waals surface area contributed by atoms with Crippen molar-refractivity contribution in [2.75, 3.05) is 19.7 Å². The van der Waals surface area contributed by atoms with E-state index in [-0.39, 0.29) is 5.04 Å². The van der Waals surface area contributed by atoms with Gasteiger partial charge in [-0.15, -0.1) is 0 Å². The highest BCUT2D eigenvalue weighted by Crippen LogP contribution is 2.37. The molecular weight excluding hydrogens is 334 g/mol. The van der Waals surface area contributed by atoms with Gasteiger partial charge in [0.1, 0.15) is 0 Å². The molecule has 0 spiro atoms. The number of hydrogen-bond acceptors (Lipinski definition) is 2. The fourth-order valence-corrected chi connectivity index (χ4v) is 8.88. The molecular formula is C23H33NOSi. The summed E-state index contributed by atoms with van der Waals surface area (Å²) in [6.07, 6.45) is 3.86. The van der Waals surface area contributed by atoms with Gasteiger partial charge in [-0.2, -0.15) is 0 Å². The standard InChI is InChI=1S/C23H33NOSi/c1-23(2,3)26(21-13-6-4-7-14-21,22-15-8-5-9-16-22)25-19-20-12-10-11-17-24-18-20/h4-9,13-16,20,24H,10-12,17-19H2,1-3H3. The number of benzene rings is 2. The maximum Gasteiger partial charge on any atom is 0.261 e. The Hall–Kier alpha value is -1.42. The summed E-state index contributed by atoms with van der Waals surface area (Å²) >= 11 is 0. The molecule has 0 aromatic heterocycles. The molecule has 1 N–H and O–H groups in total. The molecule has 1 heterocycles. The highest BCUT2D eigenvalue weighted by molar-refractivity contribution is 6.99. The molecule has 140 valence electrons. The van der Waals surface area contributed by atoms with E-state index in [1.807, 2.05) is 0 Å². The minimum Gasteiger partial charge on any atom is -0.407 e. The third kappa shape index (κ3) is 4.11. The lowest BCUT2D eigenvalue weighted by atomic mass is 10.1. The van der Waals surface area contributed by atoms with Crippen molar-refractivity contribution in [2.45, 2.75) is 45.1 Å². The van der Waals surface area contributed by atoms with Crippen molar-refractivity contribution in [1.29, 1.82) is 0 Å². The first-order valence-electron chi connectivity index (χ1n) is 10.00. The summed E-state index contributed by atoms with van der Waals surface area (Å²) < 4.78 is 7.06. The largest absolute Gasteiger partial charge is 0.407 e. The average molecular weight is 368 g/mol. The van der Waals surface area contributed by atoms with Crippen LogP contribution >= 0.6 is 0 Å². The second-order valence-corrected chi connectivity index (χ2v) is 12.8. The normalized spacial score (nSPS) is 19.1. The van der Waals surface area contributed by atoms with Gasteiger partial charge in [0.15, 0.2) is 0 Å². The molecule has 1 unspecified atom stereocenters. The summed E-state index contributed by atoms with van der Waals surface area (Å²) in [4.78, 5) is 0. The second kappa shape index (κ2) is 8.51. The van der Waals surface area contributed by atoms with Crippen LogP contribution in [0.3, 0.4) is 0 Å². The smallest absolute Gasteiger partial charge is 0.261 e. The van der Waals surface area contributed by atoms with Crippen LogP contribution in [-0.2, 0) is 4.43 Å². The van der Waals surface area contributed by atoms with E-state index < -0.39 is 8.32 Å². The van der Waals surface area contributed by atoms with Crippen molar-refractivity contribution in [3.63, 3.8) is 0 Å². The molecule has 1 aliphatic rings. The van der Waals surface area contributed by atoms with Gasteiger partial charge < -0.3 is 9.74 Å². The summed E-state index contributed by atoms with van der Waals surface area (Å²) in [6.45, 7) is 10.1. The predicted molar refractivity (Wildman–Crippen MR) is 114 cm³/mol. The zero-order chi connectivity index (χ0) is 18.5. The monoisotopic (exact) mass is 367 g/mol. The molecule has 0 amide bonds. The Morgan fingerprint density at radius 2 is 1.50 bits per heavy atom. The fourth-order valence-electron chi connectivity index (χ4n) is 4.24. The lowest BCUT2D eigenvalue weighted by Gasteiger charge is -2.43. The van der Waals surface area contributed by atoms with Crippen LogP contribution in [0.15, 0.2) is 60.7 Å². The minimum atomic E-state index is -2.38. The molecule has 0 aliphatic carbocycles. The molecule has 2 aromatic carbocycles. The van der Waals surface area contributed by atoms with E-state index in [0.717, 1.165) is 19.7 Å². The van der Waals surface area contributed by atoms with Crippen molar-refractivity contribution < 1.29 is 4.43 Å². The zero-order valence-corrected chi connectivity index (χ0v) is 17.5. The highest BCUT2D eigenvalue weighted by atomic mass is 28.4. The quantitative estimate of drug-likeness (QED) is 0.808. The summed E-state index contributed by atoms with van der Waals surface area (Å²) in [5, 5.41) is 6.40. The van der Waals surface area contributed by atoms with E-state index >= 15 is 0 Å². The van der Waals surface area contributed by atoms with Crippen LogP contribution in [0, 0.1) is 5.92 Å². The van der Waals surface area contributed by atoms with Crippen LogP contribution in [0.1, 0.15) is 40.0 Å². The van der Waals surface area contributed by atoms with Crippen molar-refractivity contribution in [3.05, 3.63) is 60.7 Å². The van der Waals surface area contributed by atoms with Crippen molar-refractivity contribution in [2.24, 2.45) is 5.92 Å². The van der Waals surface area contributed by atoms with Gasteiger partial charge in [0.25, 0.3) is 8.32 Å². The van der Waals surface area contributed by atoms with Crippen molar-refractivity contribution in [3.8, 4) is 0 Å². The lowest BCUT2D eigenvalue weighted by molar-refractivity contribution is 0.228. The van der Waals surface area contributed by atoms with Crippen LogP contribution in [0.4, 0.5) is 0 Å². The van der Waals surface area contributed by atoms with Gasteiger partial charge in [0.05, 0.1) is 0 Å². The van der Waals surface area contributed by atoms with Crippen LogP contribution < -0.4 is 15.7 Å². The van der Waals surface area contributed by atoms with Gasteiger partial charge in [-0.25, -0.2) is 0 Å². The molecule has 3 heteroatoms. The Morgan fingerprint density at radius 3 is 2.04 bits per heavy atom. The molecule has 1 saturated heterocycles. The van der Waals surface area contributed by atoms with Gasteiger partial charge in [-0.1, -0.05) is 87.9 Å². The molecule has 1 fully saturated rings. The molecule has 3 rings (SSSR count). The Labute approximate surface area is 160 Å². The van der Waals surface area contributed by atoms with Crippen LogP contribution in [-0.4, -0.2) is 28.0 Å². The Balaban J connectivity index is 1.99. The van der Waals surface area contributed by atoms with Gasteiger partial charge in [-0.05, 0) is 40.7 Å². The second-order valence-electron chi connectivity index (χ2n) is 8.54. The van der Waals surface area contributed by atoms with Crippen LogP contribution in [0.25, 0.3) is 0 Å². The molecule has 0 radical (unpaired) electrons. The molecule has 0 bridgehead atoms. The Morgan fingerprint density at radius 1 is 0.923 bits per heavy atom. The third-order valence-corrected chi connectivity index (χ3v) is 10.6. The van der Waals surface area contributed by atoms with Crippen molar-refractivity contribution >= 4 is 18.7 Å². The van der Waals surface area contributed by atoms with Gasteiger partial charge in [-0.3, -0.25) is 0 Å². The Kier molecular flexibility index (Phi) is 6.33. The number of nitrogens with one attached hydrogen (secondary N) is 1. The van der Waals surface area contributed by atoms with E-state index in [2.05, 4.69) is 86.8 Å². The molecule has 26 heavy (non-hydrogen) atoms. The van der Waals surface area contributed by atoms with Crippen LogP contribution in [0.2, 0.25) is 5.04 Å². The first kappa shape index (κ1) is 19.3. The van der Waals surface area contributed by atoms with E-state index in [0.29, 0.717) is 5.92 Å². The van der Waals surface area contributed by atoms with E-state index in [9.17, 15) is 0 Å². The summed E-state index contributed by atoms with van der Waals surface area (Å²) in [6, 6.07) is 21.9. The first-order chi connectivity index (χ1) is 12.5. The highest BCUT2D eigenvalue weighted by Gasteiger charge is 2.50. The summed E-state index contributed by atoms with van der Waals surface area (Å²) in [7, 11) is -2.38. The van der Waals surface area contributed by atoms with Gasteiger partial charge >= 0.3 is 0 Å². The number of hydrogen-bond donors (Lipinski definition) is 1. The average Bonchev–Trinajstić information content (AvgIpc) is 2.92. The van der Waals surface area contributed by atoms with Crippen molar-refractivity contribution in [1.82, 2.24) is 5.32 Å². The lowest BCUT2D eigenvalue weighted by Crippen LogP contribution is -2.67. The van der Waals surface area contributed by atoms with E-state index in [1.165, 1.54) is 29.6 Å². The first-order valence-corrected chi connectivity index (χ1v) is 11.9. The summed E-state index contributed by atoms with van der Waals surface area (Å²) in [5.74, 6) is 0.610. The van der Waals surface area contributed by atoms with Crippen LogP contribution in [0.5, 0.6) is 0 Å². The van der Waals surface area contributed by atoms with E-state index in [1.54, 1.807) is 0 Å². The molecule has 0 saturated carbocycles. The molecule has 2 nitrogen and oxygen atoms in total. The maximum absolute atomic E-state index is 7.06. The van der Waals surface area contributed by atoms with E-state index in [4.69, 9.17) is 4.43 Å². The molecule has 2 aromatic rings. The minimum absolute atomic E-state index is 0.0634. The fraction of sp³-hybridized carbons (Fsp3) is 0.478. The molecule has 1 atom stereocenters. The Bertz CT molecular complexity index is 618.